The number of phenols is 2. The van der Waals surface area contributed by atoms with Gasteiger partial charge in [-0.3, -0.25) is 19.3 Å². The quantitative estimate of drug-likeness (QED) is 0.0845. The number of amides is 5. The van der Waals surface area contributed by atoms with Crippen LogP contribution in [-0.4, -0.2) is 116 Å². The van der Waals surface area contributed by atoms with Crippen LogP contribution in [-0.2, 0) is 27.3 Å². The molecule has 0 bridgehead atoms. The van der Waals surface area contributed by atoms with E-state index in [1.165, 1.54) is 11.0 Å². The van der Waals surface area contributed by atoms with Gasteiger partial charge >= 0.3 is 30.9 Å². The molecule has 3 heterocycles. The number of aromatic hydroxyl groups is 2. The number of pyridine rings is 1. The Bertz CT molecular complexity index is 1940. The second-order valence-corrected chi connectivity index (χ2v) is 12.3. The van der Waals surface area contributed by atoms with Gasteiger partial charge in [-0.15, -0.1) is 0 Å². The number of likely N-dealkylation sites (N-methyl/N-ethyl adjacent to an activating group) is 1. The molecule has 2 aliphatic heterocycles. The van der Waals surface area contributed by atoms with Crippen LogP contribution in [0.3, 0.4) is 0 Å². The lowest BCUT2D eigenvalue weighted by Gasteiger charge is -2.34. The van der Waals surface area contributed by atoms with Crippen molar-refractivity contribution in [3.63, 3.8) is 0 Å². The maximum absolute atomic E-state index is 14.6. The predicted octanol–water partition coefficient (Wildman–Crippen LogP) is 0.398. The molecule has 0 saturated carbocycles. The predicted molar refractivity (Wildman–Crippen MR) is 177 cm³/mol. The topological polar surface area (TPSA) is 248 Å². The molecular formula is C31H31BClF2N7O10. The van der Waals surface area contributed by atoms with Gasteiger partial charge < -0.3 is 51.2 Å². The second-order valence-electron chi connectivity index (χ2n) is 12.0. The summed E-state index contributed by atoms with van der Waals surface area (Å²) < 4.78 is 34.0. The lowest BCUT2D eigenvalue weighted by molar-refractivity contribution is -0.153. The number of benzene rings is 2. The van der Waals surface area contributed by atoms with Gasteiger partial charge in [0.1, 0.15) is 29.0 Å². The molecule has 5 rings (SSSR count). The van der Waals surface area contributed by atoms with Gasteiger partial charge in [0, 0.05) is 44.5 Å². The van der Waals surface area contributed by atoms with Crippen molar-refractivity contribution in [3.05, 3.63) is 75.4 Å². The number of nitrogens with zero attached hydrogens (tertiary/aromatic N) is 4. The average Bonchev–Trinajstić information content (AvgIpc) is 3.09. The number of fused-ring (bicyclic) bond motifs is 1. The van der Waals surface area contributed by atoms with Crippen LogP contribution < -0.4 is 21.0 Å². The van der Waals surface area contributed by atoms with Crippen LogP contribution in [0.4, 0.5) is 19.4 Å². The summed E-state index contributed by atoms with van der Waals surface area (Å²) >= 11 is 6.14. The lowest BCUT2D eigenvalue weighted by atomic mass is 9.72. The molecule has 2 aromatic carbocycles. The molecule has 17 nitrogen and oxygen atoms in total. The summed E-state index contributed by atoms with van der Waals surface area (Å²) in [4.78, 5) is 72.5. The number of nitrogen functional groups attached to an aromatic ring is 1. The number of nitrogens with one attached hydrogen (secondary N) is 2. The number of imide groups is 1. The SMILES string of the molecule is CN(CCN1CCN(C(=O)NC(C(=O)N[C@H]2Cc3ccc(F)c(C(=O)O)c3OB2O)c2cc(F)c(O)c(O)c2Cl)C(=O)C1=O)Cc1ccc(N)nc1. The Kier molecular flexibility index (Phi) is 11.0. The highest BCUT2D eigenvalue weighted by atomic mass is 35.5. The summed E-state index contributed by atoms with van der Waals surface area (Å²) in [6, 6.07) is 2.67. The minimum atomic E-state index is -2.03. The first-order valence-corrected chi connectivity index (χ1v) is 15.8. The number of carbonyl (C=O) groups is 5. The summed E-state index contributed by atoms with van der Waals surface area (Å²) in [7, 11) is -0.167. The van der Waals surface area contributed by atoms with Gasteiger partial charge in [-0.25, -0.2) is 23.4 Å². The molecule has 0 aliphatic carbocycles. The number of aromatic nitrogens is 1. The number of piperazine rings is 1. The van der Waals surface area contributed by atoms with Crippen molar-refractivity contribution in [3.8, 4) is 17.2 Å². The maximum atomic E-state index is 14.6. The molecule has 52 heavy (non-hydrogen) atoms. The number of carboxylic acids is 1. The fourth-order valence-corrected chi connectivity index (χ4v) is 5.89. The molecule has 21 heteroatoms. The second kappa shape index (κ2) is 15.3. The number of aromatic carboxylic acids is 1. The van der Waals surface area contributed by atoms with Crippen molar-refractivity contribution in [1.82, 2.24) is 30.3 Å². The maximum Gasteiger partial charge on any atom is 0.547 e. The summed E-state index contributed by atoms with van der Waals surface area (Å²) in [5, 5.41) is 43.8. The third-order valence-corrected chi connectivity index (χ3v) is 8.79. The Labute approximate surface area is 298 Å². The zero-order valence-electron chi connectivity index (χ0n) is 27.2. The third-order valence-electron chi connectivity index (χ3n) is 8.39. The largest absolute Gasteiger partial charge is 0.547 e. The smallest absolute Gasteiger partial charge is 0.534 e. The van der Waals surface area contributed by atoms with E-state index < -0.39 is 93.9 Å². The van der Waals surface area contributed by atoms with Crippen LogP contribution in [0.15, 0.2) is 36.5 Å². The van der Waals surface area contributed by atoms with Crippen molar-refractivity contribution in [2.45, 2.75) is 24.9 Å². The van der Waals surface area contributed by atoms with Gasteiger partial charge in [0.2, 0.25) is 5.91 Å². The van der Waals surface area contributed by atoms with Crippen LogP contribution in [0.25, 0.3) is 0 Å². The third kappa shape index (κ3) is 7.77. The van der Waals surface area contributed by atoms with E-state index in [-0.39, 0.29) is 31.6 Å². The molecule has 274 valence electrons. The minimum absolute atomic E-state index is 0.0779. The zero-order valence-corrected chi connectivity index (χ0v) is 27.9. The van der Waals surface area contributed by atoms with Gasteiger partial charge in [-0.2, -0.15) is 0 Å². The molecule has 1 unspecified atom stereocenters. The van der Waals surface area contributed by atoms with Gasteiger partial charge in [0.05, 0.1) is 11.0 Å². The van der Waals surface area contributed by atoms with Gasteiger partial charge in [-0.1, -0.05) is 23.7 Å². The molecule has 1 aromatic heterocycles. The summed E-state index contributed by atoms with van der Waals surface area (Å²) in [5.74, 6) is -11.7. The molecule has 0 spiro atoms. The first-order valence-electron chi connectivity index (χ1n) is 15.5. The Morgan fingerprint density at radius 2 is 1.87 bits per heavy atom. The van der Waals surface area contributed by atoms with E-state index in [0.717, 1.165) is 11.6 Å². The Morgan fingerprint density at radius 1 is 1.13 bits per heavy atom. The van der Waals surface area contributed by atoms with Crippen molar-refractivity contribution in [2.75, 3.05) is 39.0 Å². The zero-order chi connectivity index (χ0) is 38.0. The highest BCUT2D eigenvalue weighted by molar-refractivity contribution is 6.47. The summed E-state index contributed by atoms with van der Waals surface area (Å²) in [6.45, 7) is 0.552. The number of carboxylic acid groups (broad SMARTS) is 1. The number of anilines is 1. The molecule has 5 amide bonds. The van der Waals surface area contributed by atoms with Crippen molar-refractivity contribution < 1.29 is 57.8 Å². The van der Waals surface area contributed by atoms with E-state index in [1.54, 1.807) is 25.4 Å². The molecule has 2 atom stereocenters. The van der Waals surface area contributed by atoms with E-state index in [4.69, 9.17) is 22.0 Å². The first-order chi connectivity index (χ1) is 24.6. The Balaban J connectivity index is 1.31. The van der Waals surface area contributed by atoms with Crippen molar-refractivity contribution >= 4 is 54.3 Å². The van der Waals surface area contributed by atoms with Crippen molar-refractivity contribution in [1.29, 1.82) is 0 Å². The average molecular weight is 746 g/mol. The number of hydrogen-bond donors (Lipinski definition) is 7. The normalized spacial score (nSPS) is 16.3. The molecule has 0 radical (unpaired) electrons. The lowest BCUT2D eigenvalue weighted by Crippen LogP contribution is -2.60. The molecule has 3 aromatic rings. The Hall–Kier alpha value is -5.73. The van der Waals surface area contributed by atoms with Crippen molar-refractivity contribution in [2.24, 2.45) is 0 Å². The first kappa shape index (κ1) is 37.5. The standard InChI is InChI=1S/C31H31BClF2N7O10/c1-40(13-14-2-5-20(36)37-12-14)6-7-41-8-9-42(29(47)28(41)46)31(50)39-23(16-11-18(35)24(43)25(44)22(16)33)27(45)38-19-10-15-3-4-17(34)21(30(48)49)26(15)52-32(19)51/h2-5,11-12,19,23,43-44,51H,6-10,13H2,1H3,(H2,36,37)(H,38,45)(H,39,50)(H,48,49)/t19-,23?/m0/s1. The van der Waals surface area contributed by atoms with Gasteiger partial charge in [-0.05, 0) is 42.8 Å². The van der Waals surface area contributed by atoms with Crippen LogP contribution in [0, 0.1) is 11.6 Å². The van der Waals surface area contributed by atoms with Crippen LogP contribution in [0.1, 0.15) is 33.1 Å². The molecule has 1 fully saturated rings. The fourth-order valence-electron chi connectivity index (χ4n) is 5.64. The number of urea groups is 1. The minimum Gasteiger partial charge on any atom is -0.534 e. The number of hydrogen-bond acceptors (Lipinski definition) is 12. The van der Waals surface area contributed by atoms with Crippen LogP contribution in [0.5, 0.6) is 17.2 Å². The molecule has 8 N–H and O–H groups in total. The fraction of sp³-hybridized carbons (Fsp3) is 0.290. The number of phenolic OH excluding ortho intramolecular Hbond substituents is 2. The Morgan fingerprint density at radius 3 is 2.54 bits per heavy atom. The number of nitrogens with two attached hydrogens (primary N) is 1. The van der Waals surface area contributed by atoms with E-state index in [2.05, 4.69) is 15.6 Å². The molecular weight excluding hydrogens is 715 g/mol. The van der Waals surface area contributed by atoms with E-state index >= 15 is 0 Å². The van der Waals surface area contributed by atoms with E-state index in [1.807, 2.05) is 4.90 Å². The van der Waals surface area contributed by atoms with Gasteiger partial charge in [0.15, 0.2) is 17.3 Å². The highest BCUT2D eigenvalue weighted by Crippen LogP contribution is 2.40. The molecule has 1 saturated heterocycles. The van der Waals surface area contributed by atoms with Crippen LogP contribution in [0.2, 0.25) is 5.02 Å². The number of rotatable bonds is 10. The van der Waals surface area contributed by atoms with E-state index in [0.29, 0.717) is 29.9 Å². The van der Waals surface area contributed by atoms with E-state index in [9.17, 15) is 53.1 Å². The van der Waals surface area contributed by atoms with Crippen LogP contribution >= 0.6 is 11.6 Å². The summed E-state index contributed by atoms with van der Waals surface area (Å²) in [6.07, 6.45) is 1.29. The summed E-state index contributed by atoms with van der Waals surface area (Å²) in [5.41, 5.74) is 5.10. The number of halogens is 3. The monoisotopic (exact) mass is 745 g/mol. The number of carbonyl (C=O) groups excluding carboxylic acids is 4. The highest BCUT2D eigenvalue weighted by Gasteiger charge is 2.42. The molecule has 2 aliphatic rings. The van der Waals surface area contributed by atoms with Gasteiger partial charge in [0.25, 0.3) is 0 Å².